The number of hydrogen-bond acceptors (Lipinski definition) is 3. The number of amides is 1. The fourth-order valence-electron chi connectivity index (χ4n) is 2.54. The number of rotatable bonds is 4. The Balaban J connectivity index is 1.92. The van der Waals surface area contributed by atoms with Gasteiger partial charge in [-0.15, -0.1) is 0 Å². The molecule has 1 amide bonds. The van der Waals surface area contributed by atoms with Crippen LogP contribution in [0.4, 0.5) is 10.1 Å². The summed E-state index contributed by atoms with van der Waals surface area (Å²) < 4.78 is 18.4. The molecule has 5 heteroatoms. The third-order valence-corrected chi connectivity index (χ3v) is 3.77. The van der Waals surface area contributed by atoms with Crippen LogP contribution in [-0.2, 0) is 4.79 Å². The van der Waals surface area contributed by atoms with Crippen molar-refractivity contribution in [3.63, 3.8) is 0 Å². The lowest BCUT2D eigenvalue weighted by molar-refractivity contribution is -0.117. The van der Waals surface area contributed by atoms with Gasteiger partial charge < -0.3 is 15.4 Å². The molecule has 1 heterocycles. The number of methoxy groups -OCH3 is 1. The zero-order chi connectivity index (χ0) is 14.5. The number of carbonyl (C=O) groups excluding carboxylic acids is 1. The normalized spacial score (nSPS) is 22.4. The first-order valence-electron chi connectivity index (χ1n) is 6.97. The largest absolute Gasteiger partial charge is 0.494 e. The average Bonchev–Trinajstić information content (AvgIpc) is 2.41. The van der Waals surface area contributed by atoms with Crippen molar-refractivity contribution in [1.82, 2.24) is 5.32 Å². The lowest BCUT2D eigenvalue weighted by atomic mass is 9.90. The van der Waals surface area contributed by atoms with Gasteiger partial charge in [0.2, 0.25) is 5.91 Å². The van der Waals surface area contributed by atoms with Gasteiger partial charge in [0.1, 0.15) is 0 Å². The Morgan fingerprint density at radius 3 is 3.00 bits per heavy atom. The highest BCUT2D eigenvalue weighted by atomic mass is 19.1. The molecule has 20 heavy (non-hydrogen) atoms. The maximum absolute atomic E-state index is 13.5. The smallest absolute Gasteiger partial charge is 0.225 e. The molecule has 2 unspecified atom stereocenters. The molecule has 1 saturated heterocycles. The minimum atomic E-state index is -0.477. The van der Waals surface area contributed by atoms with Crippen molar-refractivity contribution in [2.75, 3.05) is 19.0 Å². The zero-order valence-electron chi connectivity index (χ0n) is 11.9. The lowest BCUT2D eigenvalue weighted by Gasteiger charge is -2.29. The Morgan fingerprint density at radius 2 is 2.35 bits per heavy atom. The first kappa shape index (κ1) is 14.8. The Bertz CT molecular complexity index is 479. The average molecular weight is 280 g/mol. The van der Waals surface area contributed by atoms with Gasteiger partial charge in [-0.25, -0.2) is 4.39 Å². The van der Waals surface area contributed by atoms with Crippen LogP contribution in [0, 0.1) is 11.7 Å². The third kappa shape index (κ3) is 3.70. The second kappa shape index (κ2) is 6.70. The van der Waals surface area contributed by atoms with Crippen LogP contribution in [0.5, 0.6) is 5.75 Å². The molecular formula is C15H21FN2O2. The third-order valence-electron chi connectivity index (χ3n) is 3.77. The van der Waals surface area contributed by atoms with Crippen LogP contribution in [0.15, 0.2) is 18.2 Å². The summed E-state index contributed by atoms with van der Waals surface area (Å²) in [5, 5.41) is 6.09. The first-order chi connectivity index (χ1) is 9.60. The van der Waals surface area contributed by atoms with Crippen LogP contribution >= 0.6 is 0 Å². The maximum atomic E-state index is 13.5. The van der Waals surface area contributed by atoms with E-state index in [-0.39, 0.29) is 17.7 Å². The number of carbonyl (C=O) groups is 1. The highest BCUT2D eigenvalue weighted by Crippen LogP contribution is 2.22. The van der Waals surface area contributed by atoms with E-state index >= 15 is 0 Å². The van der Waals surface area contributed by atoms with E-state index in [4.69, 9.17) is 4.74 Å². The molecule has 4 nitrogen and oxygen atoms in total. The molecule has 110 valence electrons. The minimum absolute atomic E-state index is 0.0965. The molecule has 0 saturated carbocycles. The van der Waals surface area contributed by atoms with Crippen molar-refractivity contribution in [3.8, 4) is 5.75 Å². The van der Waals surface area contributed by atoms with E-state index < -0.39 is 5.82 Å². The fraction of sp³-hybridized carbons (Fsp3) is 0.533. The molecule has 2 atom stereocenters. The molecule has 0 aromatic heterocycles. The van der Waals surface area contributed by atoms with E-state index in [0.717, 1.165) is 19.4 Å². The van der Waals surface area contributed by atoms with Crippen molar-refractivity contribution >= 4 is 11.6 Å². The summed E-state index contributed by atoms with van der Waals surface area (Å²) in [4.78, 5) is 12.0. The van der Waals surface area contributed by atoms with Crippen LogP contribution < -0.4 is 15.4 Å². The number of hydrogen-bond donors (Lipinski definition) is 2. The monoisotopic (exact) mass is 280 g/mol. The highest BCUT2D eigenvalue weighted by molar-refractivity contribution is 5.91. The number of anilines is 1. The van der Waals surface area contributed by atoms with Gasteiger partial charge in [0, 0.05) is 24.2 Å². The second-order valence-corrected chi connectivity index (χ2v) is 5.28. The molecular weight excluding hydrogens is 259 g/mol. The summed E-state index contributed by atoms with van der Waals surface area (Å²) in [6.45, 7) is 3.11. The van der Waals surface area contributed by atoms with Gasteiger partial charge in [0.05, 0.1) is 7.11 Å². The topological polar surface area (TPSA) is 50.4 Å². The molecule has 2 rings (SSSR count). The summed E-state index contributed by atoms with van der Waals surface area (Å²) in [7, 11) is 1.41. The lowest BCUT2D eigenvalue weighted by Crippen LogP contribution is -2.42. The number of piperidine rings is 1. The van der Waals surface area contributed by atoms with E-state index in [2.05, 4.69) is 17.6 Å². The van der Waals surface area contributed by atoms with Gasteiger partial charge in [0.15, 0.2) is 11.6 Å². The minimum Gasteiger partial charge on any atom is -0.494 e. The fourth-order valence-corrected chi connectivity index (χ4v) is 2.54. The van der Waals surface area contributed by atoms with Gasteiger partial charge in [-0.2, -0.15) is 0 Å². The maximum Gasteiger partial charge on any atom is 0.225 e. The first-order valence-corrected chi connectivity index (χ1v) is 6.97. The standard InChI is InChI=1S/C15H21FN2O2/c1-10-4-3-7-17-13(10)9-15(19)18-11-5-6-14(20-2)12(16)8-11/h5-6,8,10,13,17H,3-4,7,9H2,1-2H3,(H,18,19). The van der Waals surface area contributed by atoms with Crippen LogP contribution in [0.1, 0.15) is 26.2 Å². The van der Waals surface area contributed by atoms with Gasteiger partial charge in [0.25, 0.3) is 0 Å². The van der Waals surface area contributed by atoms with Crippen LogP contribution in [0.3, 0.4) is 0 Å². The molecule has 1 aliphatic rings. The molecule has 1 aliphatic heterocycles. The van der Waals surface area contributed by atoms with Crippen LogP contribution in [0.2, 0.25) is 0 Å². The van der Waals surface area contributed by atoms with Crippen LogP contribution in [0.25, 0.3) is 0 Å². The number of nitrogens with one attached hydrogen (secondary N) is 2. The van der Waals surface area contributed by atoms with Gasteiger partial charge in [-0.1, -0.05) is 6.92 Å². The highest BCUT2D eigenvalue weighted by Gasteiger charge is 2.23. The van der Waals surface area contributed by atoms with Crippen molar-refractivity contribution < 1.29 is 13.9 Å². The molecule has 0 radical (unpaired) electrons. The van der Waals surface area contributed by atoms with Gasteiger partial charge in [-0.3, -0.25) is 4.79 Å². The van der Waals surface area contributed by atoms with E-state index in [1.54, 1.807) is 6.07 Å². The van der Waals surface area contributed by atoms with E-state index in [1.165, 1.54) is 19.2 Å². The quantitative estimate of drug-likeness (QED) is 0.891. The summed E-state index contributed by atoms with van der Waals surface area (Å²) in [6, 6.07) is 4.62. The number of ether oxygens (including phenoxy) is 1. The molecule has 1 fully saturated rings. The van der Waals surface area contributed by atoms with Crippen molar-refractivity contribution in [2.45, 2.75) is 32.2 Å². The number of halogens is 1. The van der Waals surface area contributed by atoms with E-state index in [1.807, 2.05) is 0 Å². The zero-order valence-corrected chi connectivity index (χ0v) is 11.9. The Hall–Kier alpha value is -1.62. The molecule has 1 aromatic rings. The molecule has 0 spiro atoms. The van der Waals surface area contributed by atoms with E-state index in [9.17, 15) is 9.18 Å². The molecule has 2 N–H and O–H groups in total. The Labute approximate surface area is 118 Å². The van der Waals surface area contributed by atoms with Gasteiger partial charge in [-0.05, 0) is 37.4 Å². The summed E-state index contributed by atoms with van der Waals surface area (Å²) in [6.07, 6.45) is 2.71. The van der Waals surface area contributed by atoms with Crippen molar-refractivity contribution in [2.24, 2.45) is 5.92 Å². The summed E-state index contributed by atoms with van der Waals surface area (Å²) in [5.41, 5.74) is 0.455. The summed E-state index contributed by atoms with van der Waals surface area (Å²) in [5.74, 6) is 0.0861. The predicted molar refractivity (Wildman–Crippen MR) is 76.4 cm³/mol. The van der Waals surface area contributed by atoms with Crippen LogP contribution in [-0.4, -0.2) is 25.6 Å². The van der Waals surface area contributed by atoms with Crippen molar-refractivity contribution in [3.05, 3.63) is 24.0 Å². The molecule has 0 aliphatic carbocycles. The predicted octanol–water partition coefficient (Wildman–Crippen LogP) is 2.55. The SMILES string of the molecule is COc1ccc(NC(=O)CC2NCCCC2C)cc1F. The Kier molecular flexibility index (Phi) is 4.95. The number of benzene rings is 1. The summed E-state index contributed by atoms with van der Waals surface area (Å²) >= 11 is 0. The van der Waals surface area contributed by atoms with Crippen molar-refractivity contribution in [1.29, 1.82) is 0 Å². The van der Waals surface area contributed by atoms with E-state index in [0.29, 0.717) is 18.0 Å². The molecule has 1 aromatic carbocycles. The Morgan fingerprint density at radius 1 is 1.55 bits per heavy atom. The second-order valence-electron chi connectivity index (χ2n) is 5.28. The molecule has 0 bridgehead atoms. The van der Waals surface area contributed by atoms with Gasteiger partial charge >= 0.3 is 0 Å².